The summed E-state index contributed by atoms with van der Waals surface area (Å²) in [6.07, 6.45) is 2.30. The van der Waals surface area contributed by atoms with Crippen LogP contribution >= 0.6 is 0 Å². The maximum absolute atomic E-state index is 9.37. The van der Waals surface area contributed by atoms with Crippen LogP contribution in [0.15, 0.2) is 24.3 Å². The molecule has 0 radical (unpaired) electrons. The molecule has 1 aliphatic rings. The largest absolute Gasteiger partial charge is 0.383 e. The minimum absolute atomic E-state index is 0.458. The maximum Gasteiger partial charge on any atom is 0.170 e. The normalized spacial score (nSPS) is 14.4. The first-order valence-corrected chi connectivity index (χ1v) is 7.26. The molecule has 1 fully saturated rings. The maximum atomic E-state index is 9.37. The third kappa shape index (κ3) is 2.57. The zero-order chi connectivity index (χ0) is 14.8. The molecule has 0 spiro atoms. The molecule has 5 nitrogen and oxygen atoms in total. The van der Waals surface area contributed by atoms with Gasteiger partial charge in [0.05, 0.1) is 6.54 Å². The van der Waals surface area contributed by atoms with Crippen molar-refractivity contribution in [2.75, 3.05) is 23.7 Å². The minimum atomic E-state index is 0.458. The molecule has 0 atom stereocenters. The van der Waals surface area contributed by atoms with Crippen LogP contribution in [0.4, 0.5) is 11.6 Å². The molecule has 0 amide bonds. The van der Waals surface area contributed by atoms with Crippen molar-refractivity contribution in [3.63, 3.8) is 0 Å². The fourth-order valence-electron chi connectivity index (χ4n) is 2.71. The fourth-order valence-corrected chi connectivity index (χ4v) is 2.71. The van der Waals surface area contributed by atoms with Gasteiger partial charge in [0.1, 0.15) is 17.5 Å². The van der Waals surface area contributed by atoms with Crippen molar-refractivity contribution < 1.29 is 0 Å². The Hall–Kier alpha value is -2.48. The Bertz CT molecular complexity index is 672. The van der Waals surface area contributed by atoms with Crippen LogP contribution < -0.4 is 10.6 Å². The molecule has 2 aromatic rings. The SMILES string of the molecule is Cc1ccc(Cn2nc(N3CCCC3)c(C#N)c2N)cc1. The van der Waals surface area contributed by atoms with Gasteiger partial charge in [-0.3, -0.25) is 0 Å². The van der Waals surface area contributed by atoms with Crippen molar-refractivity contribution in [2.24, 2.45) is 0 Å². The van der Waals surface area contributed by atoms with E-state index >= 15 is 0 Å². The lowest BCUT2D eigenvalue weighted by molar-refractivity contribution is 0.691. The summed E-state index contributed by atoms with van der Waals surface area (Å²) >= 11 is 0. The second-order valence-corrected chi connectivity index (χ2v) is 5.53. The van der Waals surface area contributed by atoms with Gasteiger partial charge in [-0.25, -0.2) is 4.68 Å². The van der Waals surface area contributed by atoms with E-state index < -0.39 is 0 Å². The van der Waals surface area contributed by atoms with E-state index in [0.29, 0.717) is 17.9 Å². The van der Waals surface area contributed by atoms with Gasteiger partial charge in [-0.2, -0.15) is 10.4 Å². The van der Waals surface area contributed by atoms with Crippen molar-refractivity contribution in [3.8, 4) is 6.07 Å². The van der Waals surface area contributed by atoms with Crippen LogP contribution in [0.25, 0.3) is 0 Å². The quantitative estimate of drug-likeness (QED) is 0.937. The molecule has 1 aromatic heterocycles. The van der Waals surface area contributed by atoms with Crippen LogP contribution in [0.3, 0.4) is 0 Å². The van der Waals surface area contributed by atoms with Gasteiger partial charge in [-0.05, 0) is 25.3 Å². The molecule has 2 heterocycles. The number of nitrogens with zero attached hydrogens (tertiary/aromatic N) is 4. The van der Waals surface area contributed by atoms with E-state index in [1.54, 1.807) is 4.68 Å². The lowest BCUT2D eigenvalue weighted by Gasteiger charge is -2.13. The molecule has 3 rings (SSSR count). The van der Waals surface area contributed by atoms with Crippen molar-refractivity contribution in [2.45, 2.75) is 26.3 Å². The summed E-state index contributed by atoms with van der Waals surface area (Å²) < 4.78 is 1.73. The molecule has 0 saturated carbocycles. The molecule has 108 valence electrons. The standard InChI is InChI=1S/C16H19N5/c1-12-4-6-13(7-5-12)11-21-15(18)14(10-17)16(19-21)20-8-2-3-9-20/h4-7H,2-3,8-9,11,18H2,1H3. The summed E-state index contributed by atoms with van der Waals surface area (Å²) in [5, 5.41) is 13.9. The number of benzene rings is 1. The van der Waals surface area contributed by atoms with E-state index in [-0.39, 0.29) is 0 Å². The number of nitriles is 1. The molecule has 0 aliphatic carbocycles. The molecule has 21 heavy (non-hydrogen) atoms. The van der Waals surface area contributed by atoms with E-state index in [9.17, 15) is 5.26 Å². The fraction of sp³-hybridized carbons (Fsp3) is 0.375. The number of hydrogen-bond donors (Lipinski definition) is 1. The Kier molecular flexibility index (Phi) is 3.53. The van der Waals surface area contributed by atoms with E-state index in [1.807, 2.05) is 0 Å². The van der Waals surface area contributed by atoms with E-state index in [0.717, 1.165) is 37.3 Å². The van der Waals surface area contributed by atoms with E-state index in [1.165, 1.54) is 5.56 Å². The van der Waals surface area contributed by atoms with Gasteiger partial charge in [0.25, 0.3) is 0 Å². The van der Waals surface area contributed by atoms with Gasteiger partial charge in [-0.15, -0.1) is 0 Å². The van der Waals surface area contributed by atoms with Crippen molar-refractivity contribution in [1.82, 2.24) is 9.78 Å². The van der Waals surface area contributed by atoms with Gasteiger partial charge in [0, 0.05) is 13.1 Å². The monoisotopic (exact) mass is 281 g/mol. The van der Waals surface area contributed by atoms with Crippen LogP contribution in [-0.2, 0) is 6.54 Å². The summed E-state index contributed by atoms with van der Waals surface area (Å²) in [7, 11) is 0. The first kappa shape index (κ1) is 13.5. The highest BCUT2D eigenvalue weighted by molar-refractivity contribution is 5.65. The molecule has 5 heteroatoms. The summed E-state index contributed by atoms with van der Waals surface area (Å²) in [4.78, 5) is 2.15. The van der Waals surface area contributed by atoms with Crippen LogP contribution in [0.2, 0.25) is 0 Å². The molecule has 0 bridgehead atoms. The number of rotatable bonds is 3. The van der Waals surface area contributed by atoms with E-state index in [2.05, 4.69) is 47.3 Å². The van der Waals surface area contributed by atoms with Crippen molar-refractivity contribution >= 4 is 11.6 Å². The predicted octanol–water partition coefficient (Wildman–Crippen LogP) is 2.29. The molecule has 1 aliphatic heterocycles. The Morgan fingerprint density at radius 1 is 1.24 bits per heavy atom. The number of aryl methyl sites for hydroxylation is 1. The molecular formula is C16H19N5. The van der Waals surface area contributed by atoms with Gasteiger partial charge in [0.15, 0.2) is 5.82 Å². The summed E-state index contributed by atoms with van der Waals surface area (Å²) in [5.74, 6) is 1.19. The second-order valence-electron chi connectivity index (χ2n) is 5.53. The lowest BCUT2D eigenvalue weighted by Crippen LogP contribution is -2.19. The smallest absolute Gasteiger partial charge is 0.170 e. The van der Waals surface area contributed by atoms with Crippen LogP contribution in [-0.4, -0.2) is 22.9 Å². The zero-order valence-electron chi connectivity index (χ0n) is 12.2. The van der Waals surface area contributed by atoms with Gasteiger partial charge in [-0.1, -0.05) is 29.8 Å². The van der Waals surface area contributed by atoms with E-state index in [4.69, 9.17) is 5.73 Å². The highest BCUT2D eigenvalue weighted by Gasteiger charge is 2.23. The molecule has 1 saturated heterocycles. The Morgan fingerprint density at radius 2 is 1.90 bits per heavy atom. The zero-order valence-corrected chi connectivity index (χ0v) is 12.2. The first-order valence-electron chi connectivity index (χ1n) is 7.26. The summed E-state index contributed by atoms with van der Waals surface area (Å²) in [6.45, 7) is 4.56. The summed E-state index contributed by atoms with van der Waals surface area (Å²) in [5.41, 5.74) is 8.97. The third-order valence-corrected chi connectivity index (χ3v) is 3.94. The van der Waals surface area contributed by atoms with Gasteiger partial charge < -0.3 is 10.6 Å². The lowest BCUT2D eigenvalue weighted by atomic mass is 10.1. The minimum Gasteiger partial charge on any atom is -0.383 e. The average molecular weight is 281 g/mol. The predicted molar refractivity (Wildman–Crippen MR) is 83.1 cm³/mol. The highest BCUT2D eigenvalue weighted by atomic mass is 15.4. The molecule has 0 unspecified atom stereocenters. The number of nitrogen functional groups attached to an aromatic ring is 1. The number of nitrogens with two attached hydrogens (primary N) is 1. The van der Waals surface area contributed by atoms with Crippen LogP contribution in [0, 0.1) is 18.3 Å². The highest BCUT2D eigenvalue weighted by Crippen LogP contribution is 2.27. The third-order valence-electron chi connectivity index (χ3n) is 3.94. The van der Waals surface area contributed by atoms with Gasteiger partial charge in [0.2, 0.25) is 0 Å². The number of aromatic nitrogens is 2. The van der Waals surface area contributed by atoms with Crippen LogP contribution in [0.5, 0.6) is 0 Å². The van der Waals surface area contributed by atoms with Gasteiger partial charge >= 0.3 is 0 Å². The van der Waals surface area contributed by atoms with Crippen molar-refractivity contribution in [1.29, 1.82) is 5.26 Å². The molecule has 1 aromatic carbocycles. The van der Waals surface area contributed by atoms with Crippen LogP contribution in [0.1, 0.15) is 29.5 Å². The Labute approximate surface area is 124 Å². The molecular weight excluding hydrogens is 262 g/mol. The average Bonchev–Trinajstić information content (AvgIpc) is 3.10. The number of hydrogen-bond acceptors (Lipinski definition) is 4. The Balaban J connectivity index is 1.92. The molecule has 2 N–H and O–H groups in total. The Morgan fingerprint density at radius 3 is 2.52 bits per heavy atom. The second kappa shape index (κ2) is 5.49. The first-order chi connectivity index (χ1) is 10.2. The summed E-state index contributed by atoms with van der Waals surface area (Å²) in [6, 6.07) is 10.5. The van der Waals surface area contributed by atoms with Crippen molar-refractivity contribution in [3.05, 3.63) is 41.0 Å². The number of anilines is 2. The topological polar surface area (TPSA) is 70.9 Å².